The van der Waals surface area contributed by atoms with E-state index in [1.54, 1.807) is 24.4 Å². The van der Waals surface area contributed by atoms with Crippen molar-refractivity contribution < 1.29 is 21.6 Å². The smallest absolute Gasteiger partial charge is 0.250 e. The fraction of sp³-hybridized carbons (Fsp3) is 0.0833. The summed E-state index contributed by atoms with van der Waals surface area (Å²) in [7, 11) is -4.14. The summed E-state index contributed by atoms with van der Waals surface area (Å²) < 4.78 is 65.0. The van der Waals surface area contributed by atoms with Crippen LogP contribution in [0, 0.1) is 0 Å². The third-order valence-electron chi connectivity index (χ3n) is 2.80. The van der Waals surface area contributed by atoms with E-state index in [0.717, 1.165) is 6.07 Å². The lowest BCUT2D eigenvalue weighted by atomic mass is 10.3. The van der Waals surface area contributed by atoms with Gasteiger partial charge in [0.15, 0.2) is 5.65 Å². The quantitative estimate of drug-likeness (QED) is 0.785. The molecule has 11 heteroatoms. The van der Waals surface area contributed by atoms with Crippen LogP contribution in [0.2, 0.25) is 0 Å². The molecule has 0 spiro atoms. The van der Waals surface area contributed by atoms with Crippen LogP contribution in [0.5, 0.6) is 0 Å². The zero-order valence-electron chi connectivity index (χ0n) is 11.2. The van der Waals surface area contributed by atoms with E-state index < -0.39 is 26.8 Å². The molecule has 7 nitrogen and oxygen atoms in total. The van der Waals surface area contributed by atoms with E-state index in [1.807, 2.05) is 0 Å². The first kappa shape index (κ1) is 15.2. The molecule has 0 aliphatic carbocycles. The molecule has 0 saturated carbocycles. The average molecular weight is 343 g/mol. The first-order chi connectivity index (χ1) is 10.8. The minimum absolute atomic E-state index is 0.198. The van der Waals surface area contributed by atoms with Gasteiger partial charge < -0.3 is 0 Å². The van der Waals surface area contributed by atoms with Crippen molar-refractivity contribution in [2.45, 2.75) is 11.1 Å². The van der Waals surface area contributed by atoms with E-state index in [1.165, 1.54) is 4.52 Å². The highest BCUT2D eigenvalue weighted by molar-refractivity contribution is 7.92. The number of alkyl halides is 3. The van der Waals surface area contributed by atoms with E-state index >= 15 is 0 Å². The molecule has 120 valence electrons. The summed E-state index contributed by atoms with van der Waals surface area (Å²) in [6.45, 7) is 0. The van der Waals surface area contributed by atoms with Crippen molar-refractivity contribution in [3.8, 4) is 0 Å². The van der Waals surface area contributed by atoms with Gasteiger partial charge in [-0.05, 0) is 24.3 Å². The van der Waals surface area contributed by atoms with Crippen molar-refractivity contribution in [3.63, 3.8) is 0 Å². The van der Waals surface area contributed by atoms with Crippen molar-refractivity contribution in [2.75, 3.05) is 4.72 Å². The van der Waals surface area contributed by atoms with Gasteiger partial charge in [0, 0.05) is 12.4 Å². The molecule has 0 fully saturated rings. The molecule has 3 heterocycles. The Morgan fingerprint density at radius 2 is 1.91 bits per heavy atom. The number of nitrogens with zero attached hydrogens (tertiary/aromatic N) is 4. The van der Waals surface area contributed by atoms with Gasteiger partial charge in [0.25, 0.3) is 16.0 Å². The molecule has 0 radical (unpaired) electrons. The van der Waals surface area contributed by atoms with Crippen molar-refractivity contribution >= 4 is 21.6 Å². The highest BCUT2D eigenvalue weighted by atomic mass is 32.2. The number of pyridine rings is 2. The summed E-state index contributed by atoms with van der Waals surface area (Å²) in [6, 6.07) is 6.39. The summed E-state index contributed by atoms with van der Waals surface area (Å²) in [6.07, 6.45) is -2.44. The standard InChI is InChI=1S/C12H8F3N5O2S/c13-12(14,15)9-5-4-8(7-16-9)23(21,22)19-11-17-10-3-1-2-6-20(10)18-11/h1-7H,(H,18,19). The molecular formula is C12H8F3N5O2S. The minimum atomic E-state index is -4.64. The topological polar surface area (TPSA) is 89.2 Å². The zero-order valence-corrected chi connectivity index (χ0v) is 12.0. The second kappa shape index (κ2) is 5.19. The van der Waals surface area contributed by atoms with Gasteiger partial charge in [-0.2, -0.15) is 18.2 Å². The van der Waals surface area contributed by atoms with Crippen LogP contribution in [-0.4, -0.2) is 28.0 Å². The molecule has 0 amide bonds. The van der Waals surface area contributed by atoms with Crippen molar-refractivity contribution in [2.24, 2.45) is 0 Å². The summed E-state index contributed by atoms with van der Waals surface area (Å²) in [5.74, 6) is -0.198. The van der Waals surface area contributed by atoms with Gasteiger partial charge in [0.2, 0.25) is 0 Å². The van der Waals surface area contributed by atoms with Crippen LogP contribution < -0.4 is 4.72 Å². The average Bonchev–Trinajstić information content (AvgIpc) is 2.87. The van der Waals surface area contributed by atoms with Crippen LogP contribution in [0.4, 0.5) is 19.1 Å². The first-order valence-corrected chi connectivity index (χ1v) is 7.61. The number of halogens is 3. The Balaban J connectivity index is 1.89. The van der Waals surface area contributed by atoms with E-state index in [9.17, 15) is 21.6 Å². The van der Waals surface area contributed by atoms with Crippen molar-refractivity contribution in [1.82, 2.24) is 19.6 Å². The normalized spacial score (nSPS) is 12.5. The van der Waals surface area contributed by atoms with Crippen LogP contribution in [0.15, 0.2) is 47.6 Å². The predicted octanol–water partition coefficient (Wildman–Crippen LogP) is 1.94. The summed E-state index contributed by atoms with van der Waals surface area (Å²) in [5, 5.41) is 3.90. The van der Waals surface area contributed by atoms with Gasteiger partial charge in [0.1, 0.15) is 10.6 Å². The first-order valence-electron chi connectivity index (χ1n) is 6.13. The highest BCUT2D eigenvalue weighted by Crippen LogP contribution is 2.27. The highest BCUT2D eigenvalue weighted by Gasteiger charge is 2.32. The second-order valence-corrected chi connectivity index (χ2v) is 6.10. The molecule has 1 N–H and O–H groups in total. The van der Waals surface area contributed by atoms with Gasteiger partial charge in [0.05, 0.1) is 0 Å². The van der Waals surface area contributed by atoms with Crippen molar-refractivity contribution in [3.05, 3.63) is 48.4 Å². The van der Waals surface area contributed by atoms with Gasteiger partial charge in [-0.25, -0.2) is 17.7 Å². The Morgan fingerprint density at radius 3 is 2.52 bits per heavy atom. The third kappa shape index (κ3) is 3.08. The maximum Gasteiger partial charge on any atom is 0.433 e. The Labute approximate surface area is 127 Å². The van der Waals surface area contributed by atoms with Gasteiger partial charge in [-0.3, -0.25) is 4.98 Å². The molecule has 0 bridgehead atoms. The summed E-state index contributed by atoms with van der Waals surface area (Å²) in [5.41, 5.74) is -0.766. The van der Waals surface area contributed by atoms with Crippen LogP contribution in [-0.2, 0) is 16.2 Å². The fourth-order valence-corrected chi connectivity index (χ4v) is 2.64. The predicted molar refractivity (Wildman–Crippen MR) is 73.0 cm³/mol. The maximum absolute atomic E-state index is 12.4. The fourth-order valence-electron chi connectivity index (χ4n) is 1.76. The van der Waals surface area contributed by atoms with Crippen LogP contribution in [0.1, 0.15) is 5.69 Å². The summed E-state index contributed by atoms with van der Waals surface area (Å²) >= 11 is 0. The minimum Gasteiger partial charge on any atom is -0.250 e. The number of rotatable bonds is 3. The molecule has 23 heavy (non-hydrogen) atoms. The molecular weight excluding hydrogens is 335 g/mol. The third-order valence-corrected chi connectivity index (χ3v) is 4.12. The number of sulfonamides is 1. The van der Waals surface area contributed by atoms with Gasteiger partial charge in [-0.15, -0.1) is 5.10 Å². The number of anilines is 1. The second-order valence-electron chi connectivity index (χ2n) is 4.42. The van der Waals surface area contributed by atoms with Crippen LogP contribution in [0.3, 0.4) is 0 Å². The van der Waals surface area contributed by atoms with Gasteiger partial charge >= 0.3 is 6.18 Å². The van der Waals surface area contributed by atoms with Crippen molar-refractivity contribution in [1.29, 1.82) is 0 Å². The Kier molecular flexibility index (Phi) is 3.43. The number of aromatic nitrogens is 4. The Hall–Kier alpha value is -2.69. The Morgan fingerprint density at radius 1 is 1.13 bits per heavy atom. The van der Waals surface area contributed by atoms with E-state index in [0.29, 0.717) is 17.9 Å². The van der Waals surface area contributed by atoms with Crippen LogP contribution in [0.25, 0.3) is 5.65 Å². The van der Waals surface area contributed by atoms with Crippen LogP contribution >= 0.6 is 0 Å². The lowest BCUT2D eigenvalue weighted by molar-refractivity contribution is -0.141. The largest absolute Gasteiger partial charge is 0.433 e. The zero-order chi connectivity index (χ0) is 16.7. The molecule has 0 unspecified atom stereocenters. The number of hydrogen-bond donors (Lipinski definition) is 1. The van der Waals surface area contributed by atoms with Gasteiger partial charge in [-0.1, -0.05) is 6.07 Å². The van der Waals surface area contributed by atoms with E-state index in [-0.39, 0.29) is 5.95 Å². The lowest BCUT2D eigenvalue weighted by Crippen LogP contribution is -2.15. The lowest BCUT2D eigenvalue weighted by Gasteiger charge is -2.07. The molecule has 0 aliphatic heterocycles. The molecule has 3 rings (SSSR count). The van der Waals surface area contributed by atoms with E-state index in [2.05, 4.69) is 19.8 Å². The molecule has 0 aromatic carbocycles. The SMILES string of the molecule is O=S(=O)(Nc1nc2ccccn2n1)c1ccc(C(F)(F)F)nc1. The monoisotopic (exact) mass is 343 g/mol. The summed E-state index contributed by atoms with van der Waals surface area (Å²) in [4.78, 5) is 6.63. The molecule has 3 aromatic rings. The molecule has 0 atom stereocenters. The number of nitrogens with one attached hydrogen (secondary N) is 1. The number of fused-ring (bicyclic) bond motifs is 1. The number of hydrogen-bond acceptors (Lipinski definition) is 5. The molecule has 0 aliphatic rings. The Bertz CT molecular complexity index is 918. The maximum atomic E-state index is 12.4. The molecule has 0 saturated heterocycles. The van der Waals surface area contributed by atoms with E-state index in [4.69, 9.17) is 0 Å². The molecule has 3 aromatic heterocycles.